The van der Waals surface area contributed by atoms with E-state index in [4.69, 9.17) is 45.2 Å². The summed E-state index contributed by atoms with van der Waals surface area (Å²) in [6.45, 7) is 2.53. The Morgan fingerprint density at radius 1 is 0.651 bits per heavy atom. The Hall–Kier alpha value is -3.01. The van der Waals surface area contributed by atoms with Gasteiger partial charge in [0.25, 0.3) is 0 Å². The molecule has 0 bridgehead atoms. The number of esters is 2. The van der Waals surface area contributed by atoms with Gasteiger partial charge in [0.15, 0.2) is 17.2 Å². The molecule has 0 spiro atoms. The normalized spacial score (nSPS) is 12.2. The van der Waals surface area contributed by atoms with Gasteiger partial charge in [-0.1, -0.05) is 0 Å². The van der Waals surface area contributed by atoms with E-state index in [1.54, 1.807) is 19.9 Å². The molecule has 16 heteroatoms. The molecule has 0 aliphatic heterocycles. The van der Waals surface area contributed by atoms with Gasteiger partial charge in [0.2, 0.25) is 0 Å². The summed E-state index contributed by atoms with van der Waals surface area (Å²) >= 11 is 0. The Balaban J connectivity index is 0. The molecule has 244 valence electrons. The molecule has 43 heavy (non-hydrogen) atoms. The molecule has 0 aliphatic carbocycles. The number of aromatic hydroxyl groups is 4. The predicted octanol–water partition coefficient (Wildman–Crippen LogP) is -0.530. The van der Waals surface area contributed by atoms with Crippen LogP contribution in [0.2, 0.25) is 0 Å². The minimum atomic E-state index is -1.20. The molecular weight excluding hydrogens is 748 g/mol. The van der Waals surface area contributed by atoms with Crippen LogP contribution in [-0.2, 0) is 40.0 Å². The van der Waals surface area contributed by atoms with E-state index in [1.807, 2.05) is 0 Å². The molecule has 0 aromatic heterocycles. The van der Waals surface area contributed by atoms with Crippen molar-refractivity contribution < 1.29 is 95.6 Å². The second kappa shape index (κ2) is 22.5. The molecule has 2 aromatic rings. The van der Waals surface area contributed by atoms with Crippen molar-refractivity contribution in [2.75, 3.05) is 53.9 Å². The maximum Gasteiger partial charge on any atom is 0.338 e. The number of aryl methyl sites for hydroxylation is 1. The van der Waals surface area contributed by atoms with Gasteiger partial charge >= 0.3 is 11.9 Å². The Bertz CT molecular complexity index is 1070. The Morgan fingerprint density at radius 3 is 1.42 bits per heavy atom. The molecule has 0 radical (unpaired) electrons. The fourth-order valence-electron chi connectivity index (χ4n) is 2.73. The first-order chi connectivity index (χ1) is 19.7. The van der Waals surface area contributed by atoms with E-state index in [0.29, 0.717) is 0 Å². The van der Waals surface area contributed by atoms with Crippen LogP contribution in [0.3, 0.4) is 0 Å². The number of hydrogen-bond acceptors (Lipinski definition) is 15. The van der Waals surface area contributed by atoms with Gasteiger partial charge in [0, 0.05) is 35.3 Å². The second-order valence-electron chi connectivity index (χ2n) is 8.73. The van der Waals surface area contributed by atoms with E-state index in [2.05, 4.69) is 9.47 Å². The molecule has 0 amide bonds. The standard InChI is InChI=1S/C13H18O5.C10H12O7.C4H10O3.W/c1-8-4-10(5-12(15)9(8)2)13(16)18-7-11(14)6-17-3;11-3-6(12)4-17-10(16)5-1-7(13)9(15)8(14)2-5;1-7-3-4(6)2-5;/h4-5,11,14-15H,6-7H2,1-3H3;1-2,6,11-15H,3-4H2;4-6H,2-3H2,1H3;. The molecule has 0 saturated carbocycles. The van der Waals surface area contributed by atoms with Gasteiger partial charge in [-0.05, 0) is 49.2 Å². The number of phenols is 4. The maximum absolute atomic E-state index is 11.7. The molecule has 3 unspecified atom stereocenters. The van der Waals surface area contributed by atoms with Crippen molar-refractivity contribution in [2.24, 2.45) is 0 Å². The number of aliphatic hydroxyl groups is 5. The summed E-state index contributed by atoms with van der Waals surface area (Å²) in [5.41, 5.74) is 1.61. The number of carbonyl (C=O) groups is 2. The summed E-state index contributed by atoms with van der Waals surface area (Å²) < 4.78 is 18.7. The number of rotatable bonds is 12. The molecule has 3 atom stereocenters. The molecule has 0 fully saturated rings. The maximum atomic E-state index is 11.7. The van der Waals surface area contributed by atoms with Crippen molar-refractivity contribution in [1.82, 2.24) is 0 Å². The van der Waals surface area contributed by atoms with E-state index in [0.717, 1.165) is 23.3 Å². The molecular formula is C27H40O15W. The van der Waals surface area contributed by atoms with Gasteiger partial charge in [0.05, 0.1) is 37.6 Å². The molecule has 15 nitrogen and oxygen atoms in total. The van der Waals surface area contributed by atoms with Crippen molar-refractivity contribution in [2.45, 2.75) is 32.2 Å². The number of benzene rings is 2. The smallest absolute Gasteiger partial charge is 0.338 e. The number of aliphatic hydroxyl groups excluding tert-OH is 5. The first-order valence-corrected chi connectivity index (χ1v) is 12.3. The van der Waals surface area contributed by atoms with Crippen molar-refractivity contribution in [3.63, 3.8) is 0 Å². The zero-order valence-electron chi connectivity index (χ0n) is 24.2. The van der Waals surface area contributed by atoms with Gasteiger partial charge in [-0.25, -0.2) is 9.59 Å². The number of hydrogen-bond donors (Lipinski definition) is 9. The Kier molecular flexibility index (Phi) is 22.1. The molecule has 0 heterocycles. The van der Waals surface area contributed by atoms with Crippen LogP contribution in [0.5, 0.6) is 23.0 Å². The van der Waals surface area contributed by atoms with Gasteiger partial charge in [-0.2, -0.15) is 0 Å². The van der Waals surface area contributed by atoms with E-state index in [9.17, 15) is 19.8 Å². The number of carbonyl (C=O) groups excluding carboxylic acids is 2. The SMILES string of the molecule is COCC(O)CO.COCC(O)COC(=O)c1cc(C)c(C)c(O)c1.O=C(OCC(O)CO)c1cc(O)c(O)c(O)c1.[W]. The van der Waals surface area contributed by atoms with Crippen LogP contribution in [0.15, 0.2) is 24.3 Å². The number of methoxy groups -OCH3 is 2. The second-order valence-corrected chi connectivity index (χ2v) is 8.73. The first-order valence-electron chi connectivity index (χ1n) is 12.3. The third-order valence-electron chi connectivity index (χ3n) is 5.13. The monoisotopic (exact) mass is 788 g/mol. The molecule has 0 saturated heterocycles. The van der Waals surface area contributed by atoms with Crippen LogP contribution in [0, 0.1) is 13.8 Å². The predicted molar refractivity (Wildman–Crippen MR) is 146 cm³/mol. The number of ether oxygens (including phenoxy) is 4. The van der Waals surface area contributed by atoms with Crippen LogP contribution < -0.4 is 0 Å². The zero-order chi connectivity index (χ0) is 32.4. The van der Waals surface area contributed by atoms with Crippen LogP contribution in [0.1, 0.15) is 31.8 Å². The van der Waals surface area contributed by atoms with Crippen LogP contribution in [0.4, 0.5) is 0 Å². The molecule has 9 N–H and O–H groups in total. The summed E-state index contributed by atoms with van der Waals surface area (Å²) in [6.07, 6.45) is -2.76. The average Bonchev–Trinajstić information content (AvgIpc) is 2.96. The quantitative estimate of drug-likeness (QED) is 0.0969. The summed E-state index contributed by atoms with van der Waals surface area (Å²) in [6, 6.07) is 4.80. The fraction of sp³-hybridized carbons (Fsp3) is 0.481. The largest absolute Gasteiger partial charge is 0.508 e. The first kappa shape index (κ1) is 42.1. The van der Waals surface area contributed by atoms with E-state index >= 15 is 0 Å². The Morgan fingerprint density at radius 2 is 1.02 bits per heavy atom. The minimum Gasteiger partial charge on any atom is -0.508 e. The van der Waals surface area contributed by atoms with Gasteiger partial charge in [-0.15, -0.1) is 0 Å². The zero-order valence-corrected chi connectivity index (χ0v) is 27.1. The minimum absolute atomic E-state index is 0. The van der Waals surface area contributed by atoms with Crippen LogP contribution >= 0.6 is 0 Å². The third-order valence-corrected chi connectivity index (χ3v) is 5.13. The summed E-state index contributed by atoms with van der Waals surface area (Å²) in [7, 11) is 2.92. The van der Waals surface area contributed by atoms with E-state index in [1.165, 1.54) is 20.3 Å². The topological polar surface area (TPSA) is 253 Å². The van der Waals surface area contributed by atoms with Crippen LogP contribution in [-0.4, -0.2) is 130 Å². The van der Waals surface area contributed by atoms with Crippen molar-refractivity contribution in [1.29, 1.82) is 0 Å². The van der Waals surface area contributed by atoms with Crippen molar-refractivity contribution in [3.05, 3.63) is 46.5 Å². The molecule has 0 aliphatic rings. The molecule has 2 aromatic carbocycles. The summed E-state index contributed by atoms with van der Waals surface area (Å²) in [5, 5.41) is 80.3. The van der Waals surface area contributed by atoms with Gasteiger partial charge in [0.1, 0.15) is 37.3 Å². The van der Waals surface area contributed by atoms with Crippen molar-refractivity contribution >= 4 is 11.9 Å². The van der Waals surface area contributed by atoms with Crippen LogP contribution in [0.25, 0.3) is 0 Å². The van der Waals surface area contributed by atoms with E-state index in [-0.39, 0.29) is 64.4 Å². The molecule has 2 rings (SSSR count). The van der Waals surface area contributed by atoms with Gasteiger partial charge < -0.3 is 64.9 Å². The summed E-state index contributed by atoms with van der Waals surface area (Å²) in [4.78, 5) is 23.0. The summed E-state index contributed by atoms with van der Waals surface area (Å²) in [5.74, 6) is -3.51. The average molecular weight is 788 g/mol. The van der Waals surface area contributed by atoms with Crippen molar-refractivity contribution in [3.8, 4) is 23.0 Å². The Labute approximate surface area is 262 Å². The van der Waals surface area contributed by atoms with Gasteiger partial charge in [-0.3, -0.25) is 0 Å². The number of phenolic OH excluding ortho intramolecular Hbond substituents is 4. The van der Waals surface area contributed by atoms with E-state index < -0.39 is 60.7 Å². The fourth-order valence-corrected chi connectivity index (χ4v) is 2.73. The third kappa shape index (κ3) is 16.4.